The fourth-order valence-corrected chi connectivity index (χ4v) is 4.69. The maximum atomic E-state index is 13.1. The van der Waals surface area contributed by atoms with Crippen molar-refractivity contribution in [3.05, 3.63) is 95.8 Å². The van der Waals surface area contributed by atoms with E-state index in [1.165, 1.54) is 22.6 Å². The Balaban J connectivity index is 1.22. The summed E-state index contributed by atoms with van der Waals surface area (Å²) in [5.41, 5.74) is 3.20. The van der Waals surface area contributed by atoms with Crippen LogP contribution in [0.15, 0.2) is 83.8 Å². The molecule has 1 aliphatic heterocycles. The number of carbonyl (C=O) groups excluding carboxylic acids is 1. The fraction of sp³-hybridized carbons (Fsp3) is 0.269. The van der Waals surface area contributed by atoms with Crippen molar-refractivity contribution in [1.82, 2.24) is 4.90 Å². The molecule has 0 aromatic heterocycles. The Kier molecular flexibility index (Phi) is 7.39. The van der Waals surface area contributed by atoms with E-state index in [0.29, 0.717) is 0 Å². The number of halogens is 1. The topological polar surface area (TPSA) is 32.3 Å². The molecule has 0 aliphatic carbocycles. The highest BCUT2D eigenvalue weighted by atomic mass is 32.2. The molecule has 3 aromatic carbocycles. The second kappa shape index (κ2) is 10.6. The highest BCUT2D eigenvalue weighted by molar-refractivity contribution is 7.98. The Morgan fingerprint density at radius 1 is 0.903 bits per heavy atom. The summed E-state index contributed by atoms with van der Waals surface area (Å²) in [6, 6.07) is 25.2. The van der Waals surface area contributed by atoms with Gasteiger partial charge in [0.25, 0.3) is 0 Å². The molecule has 3 aromatic rings. The maximum Gasteiger partial charge on any atom is 0.227 e. The number of hydrogen-bond acceptors (Lipinski definition) is 3. The van der Waals surface area contributed by atoms with E-state index >= 15 is 0 Å². The van der Waals surface area contributed by atoms with Gasteiger partial charge in [-0.1, -0.05) is 42.5 Å². The molecule has 0 radical (unpaired) electrons. The molecule has 4 rings (SSSR count). The van der Waals surface area contributed by atoms with Gasteiger partial charge < -0.3 is 5.32 Å². The summed E-state index contributed by atoms with van der Waals surface area (Å²) in [5, 5.41) is 3.08. The number of benzene rings is 3. The third kappa shape index (κ3) is 6.42. The van der Waals surface area contributed by atoms with E-state index in [9.17, 15) is 9.18 Å². The van der Waals surface area contributed by atoms with Gasteiger partial charge in [-0.05, 0) is 73.5 Å². The number of hydrogen-bond donors (Lipinski definition) is 1. The molecule has 3 nitrogen and oxygen atoms in total. The van der Waals surface area contributed by atoms with E-state index < -0.39 is 0 Å². The van der Waals surface area contributed by atoms with Gasteiger partial charge >= 0.3 is 0 Å². The summed E-state index contributed by atoms with van der Waals surface area (Å²) in [6.07, 6.45) is 1.69. The number of anilines is 1. The van der Waals surface area contributed by atoms with Gasteiger partial charge in [0.05, 0.1) is 0 Å². The Morgan fingerprint density at radius 3 is 2.23 bits per heavy atom. The van der Waals surface area contributed by atoms with Gasteiger partial charge in [-0.15, -0.1) is 11.8 Å². The molecule has 0 spiro atoms. The molecular formula is C26H27FN2OS. The van der Waals surface area contributed by atoms with Crippen molar-refractivity contribution in [2.24, 2.45) is 5.92 Å². The summed E-state index contributed by atoms with van der Waals surface area (Å²) in [7, 11) is 0. The molecule has 0 bridgehead atoms. The quantitative estimate of drug-likeness (QED) is 0.465. The average Bonchev–Trinajstić information content (AvgIpc) is 2.81. The van der Waals surface area contributed by atoms with Crippen molar-refractivity contribution in [1.29, 1.82) is 0 Å². The van der Waals surface area contributed by atoms with Crippen LogP contribution < -0.4 is 5.32 Å². The summed E-state index contributed by atoms with van der Waals surface area (Å²) in [5.74, 6) is 0.845. The van der Waals surface area contributed by atoms with Crippen LogP contribution in [0.5, 0.6) is 0 Å². The third-order valence-corrected chi connectivity index (χ3v) is 6.73. The van der Waals surface area contributed by atoms with Crippen LogP contribution in [0.25, 0.3) is 0 Å². The van der Waals surface area contributed by atoms with Crippen LogP contribution in [0, 0.1) is 11.7 Å². The number of rotatable bonds is 7. The lowest BCUT2D eigenvalue weighted by atomic mass is 9.95. The number of likely N-dealkylation sites (tertiary alicyclic amines) is 1. The number of carbonyl (C=O) groups is 1. The summed E-state index contributed by atoms with van der Waals surface area (Å²) >= 11 is 1.81. The number of nitrogens with zero attached hydrogens (tertiary/aromatic N) is 1. The van der Waals surface area contributed by atoms with Crippen molar-refractivity contribution in [2.45, 2.75) is 30.0 Å². The van der Waals surface area contributed by atoms with Gasteiger partial charge in [-0.3, -0.25) is 9.69 Å². The normalized spacial score (nSPS) is 15.0. The molecule has 0 atom stereocenters. The van der Waals surface area contributed by atoms with Crippen molar-refractivity contribution < 1.29 is 9.18 Å². The Morgan fingerprint density at radius 2 is 1.55 bits per heavy atom. The zero-order valence-corrected chi connectivity index (χ0v) is 18.3. The largest absolute Gasteiger partial charge is 0.326 e. The van der Waals surface area contributed by atoms with E-state index in [1.807, 2.05) is 42.5 Å². The van der Waals surface area contributed by atoms with Gasteiger partial charge in [-0.2, -0.15) is 0 Å². The van der Waals surface area contributed by atoms with E-state index in [1.54, 1.807) is 11.8 Å². The number of amides is 1. The Labute approximate surface area is 187 Å². The predicted octanol–water partition coefficient (Wildman–Crippen LogP) is 5.97. The molecule has 0 saturated carbocycles. The maximum absolute atomic E-state index is 13.1. The Hall–Kier alpha value is -2.63. The van der Waals surface area contributed by atoms with Crippen LogP contribution in [0.1, 0.15) is 24.0 Å². The predicted molar refractivity (Wildman–Crippen MR) is 125 cm³/mol. The molecule has 1 amide bonds. The van der Waals surface area contributed by atoms with Crippen LogP contribution in [0.3, 0.4) is 0 Å². The fourth-order valence-electron chi connectivity index (χ4n) is 3.81. The van der Waals surface area contributed by atoms with Crippen molar-refractivity contribution in [2.75, 3.05) is 18.4 Å². The minimum Gasteiger partial charge on any atom is -0.326 e. The van der Waals surface area contributed by atoms with Gasteiger partial charge in [-0.25, -0.2) is 4.39 Å². The lowest BCUT2D eigenvalue weighted by Gasteiger charge is -2.31. The molecule has 160 valence electrons. The highest BCUT2D eigenvalue weighted by Crippen LogP contribution is 2.24. The SMILES string of the molecule is O=C(Nc1ccc(CSc2ccccc2)cc1)C1CCN(Cc2ccc(F)cc2)CC1. The van der Waals surface area contributed by atoms with E-state index in [2.05, 4.69) is 34.5 Å². The van der Waals surface area contributed by atoms with Gasteiger partial charge in [0, 0.05) is 28.8 Å². The summed E-state index contributed by atoms with van der Waals surface area (Å²) in [4.78, 5) is 16.3. The second-order valence-corrected chi connectivity index (χ2v) is 9.01. The lowest BCUT2D eigenvalue weighted by molar-refractivity contribution is -0.121. The first kappa shape index (κ1) is 21.6. The van der Waals surface area contributed by atoms with Gasteiger partial charge in [0.2, 0.25) is 5.91 Å². The van der Waals surface area contributed by atoms with Crippen molar-refractivity contribution in [3.8, 4) is 0 Å². The highest BCUT2D eigenvalue weighted by Gasteiger charge is 2.25. The van der Waals surface area contributed by atoms with E-state index in [0.717, 1.165) is 49.5 Å². The number of nitrogens with one attached hydrogen (secondary N) is 1. The smallest absolute Gasteiger partial charge is 0.227 e. The summed E-state index contributed by atoms with van der Waals surface area (Å²) < 4.78 is 13.1. The first-order valence-corrected chi connectivity index (χ1v) is 11.7. The molecule has 1 aliphatic rings. The van der Waals surface area contributed by atoms with Crippen LogP contribution in [-0.4, -0.2) is 23.9 Å². The zero-order chi connectivity index (χ0) is 21.5. The lowest BCUT2D eigenvalue weighted by Crippen LogP contribution is -2.37. The van der Waals surface area contributed by atoms with Gasteiger partial charge in [0.1, 0.15) is 5.82 Å². The number of piperidine rings is 1. The van der Waals surface area contributed by atoms with Crippen molar-refractivity contribution >= 4 is 23.4 Å². The third-order valence-electron chi connectivity index (χ3n) is 5.65. The Bertz CT molecular complexity index is 969. The molecule has 5 heteroatoms. The first-order chi connectivity index (χ1) is 15.2. The molecule has 31 heavy (non-hydrogen) atoms. The average molecular weight is 435 g/mol. The zero-order valence-electron chi connectivity index (χ0n) is 17.5. The first-order valence-electron chi connectivity index (χ1n) is 10.7. The number of thioether (sulfide) groups is 1. The molecule has 0 unspecified atom stereocenters. The molecular weight excluding hydrogens is 407 g/mol. The molecule has 1 N–H and O–H groups in total. The van der Waals surface area contributed by atoms with E-state index in [4.69, 9.17) is 0 Å². The second-order valence-electron chi connectivity index (χ2n) is 7.96. The van der Waals surface area contributed by atoms with Gasteiger partial charge in [0.15, 0.2) is 0 Å². The molecule has 1 fully saturated rings. The molecule has 1 heterocycles. The van der Waals surface area contributed by atoms with Crippen LogP contribution in [0.2, 0.25) is 0 Å². The van der Waals surface area contributed by atoms with Crippen LogP contribution in [-0.2, 0) is 17.1 Å². The van der Waals surface area contributed by atoms with Crippen LogP contribution >= 0.6 is 11.8 Å². The standard InChI is InChI=1S/C26H27FN2OS/c27-23-10-6-20(7-11-23)18-29-16-14-22(15-17-29)26(30)28-24-12-8-21(9-13-24)19-31-25-4-2-1-3-5-25/h1-13,22H,14-19H2,(H,28,30). The minimum atomic E-state index is -0.206. The van der Waals surface area contributed by atoms with Crippen molar-refractivity contribution in [3.63, 3.8) is 0 Å². The molecule has 1 saturated heterocycles. The summed E-state index contributed by atoms with van der Waals surface area (Å²) in [6.45, 7) is 2.56. The monoisotopic (exact) mass is 434 g/mol. The van der Waals surface area contributed by atoms with E-state index in [-0.39, 0.29) is 17.6 Å². The minimum absolute atomic E-state index is 0.0396. The van der Waals surface area contributed by atoms with Crippen LogP contribution in [0.4, 0.5) is 10.1 Å².